The second kappa shape index (κ2) is 9.48. The molecule has 7 aliphatic rings. The molecule has 6 fully saturated rings. The van der Waals surface area contributed by atoms with Crippen LogP contribution in [-0.4, -0.2) is 71.1 Å². The third kappa shape index (κ3) is 3.93. The van der Waals surface area contributed by atoms with Crippen molar-refractivity contribution in [3.63, 3.8) is 0 Å². The van der Waals surface area contributed by atoms with Gasteiger partial charge in [-0.1, -0.05) is 39.3 Å². The lowest BCUT2D eigenvalue weighted by Crippen LogP contribution is -2.52. The van der Waals surface area contributed by atoms with Gasteiger partial charge in [0.2, 0.25) is 0 Å². The van der Waals surface area contributed by atoms with Crippen molar-refractivity contribution in [2.45, 2.75) is 128 Å². The van der Waals surface area contributed by atoms with Crippen LogP contribution in [0.1, 0.15) is 85.5 Å². The van der Waals surface area contributed by atoms with Gasteiger partial charge in [0, 0.05) is 12.3 Å². The summed E-state index contributed by atoms with van der Waals surface area (Å²) in [5.74, 6) is 3.44. The van der Waals surface area contributed by atoms with Gasteiger partial charge in [-0.05, 0) is 91.8 Å². The zero-order valence-electron chi connectivity index (χ0n) is 24.3. The van der Waals surface area contributed by atoms with E-state index in [2.05, 4.69) is 33.8 Å². The predicted molar refractivity (Wildman–Crippen MR) is 144 cm³/mol. The summed E-state index contributed by atoms with van der Waals surface area (Å²) in [5.41, 5.74) is 2.03. The first-order valence-corrected chi connectivity index (χ1v) is 15.9. The summed E-state index contributed by atoms with van der Waals surface area (Å²) >= 11 is 0. The molecule has 0 bridgehead atoms. The van der Waals surface area contributed by atoms with E-state index in [9.17, 15) is 15.3 Å². The van der Waals surface area contributed by atoms with Crippen molar-refractivity contribution in [2.75, 3.05) is 13.2 Å². The van der Waals surface area contributed by atoms with Gasteiger partial charge in [0.1, 0.15) is 18.3 Å². The summed E-state index contributed by atoms with van der Waals surface area (Å²) in [6, 6.07) is 0. The number of aliphatic hydroxyl groups is 3. The molecule has 220 valence electrons. The maximum Gasteiger partial charge on any atom is 0.186 e. The van der Waals surface area contributed by atoms with Gasteiger partial charge in [-0.3, -0.25) is 0 Å². The molecule has 3 saturated carbocycles. The van der Waals surface area contributed by atoms with E-state index < -0.39 is 24.6 Å². The third-order valence-corrected chi connectivity index (χ3v) is 13.2. The number of rotatable bonds is 3. The summed E-state index contributed by atoms with van der Waals surface area (Å²) < 4.78 is 25.2. The summed E-state index contributed by atoms with van der Waals surface area (Å²) in [6.45, 7) is 10.3. The molecule has 15 atom stereocenters. The first-order valence-electron chi connectivity index (χ1n) is 15.9. The zero-order valence-corrected chi connectivity index (χ0v) is 24.3. The molecule has 0 unspecified atom stereocenters. The SMILES string of the molecule is C[C@@H]1CC[C@@]2(OC1)O[C@H]1C[C@H]3[C@@H]4CC=C5C[C@@H](O[C@@H]6O[C@@H](CO)[C@H](O)[C@H]6O)CC[C@]5(C)[C@H]4CC[C@]3(C)[C@H]1[C@@H]2C. The highest BCUT2D eigenvalue weighted by molar-refractivity contribution is 5.26. The van der Waals surface area contributed by atoms with E-state index in [1.165, 1.54) is 31.3 Å². The van der Waals surface area contributed by atoms with E-state index in [1.54, 1.807) is 0 Å². The van der Waals surface area contributed by atoms with Crippen LogP contribution in [0.15, 0.2) is 11.6 Å². The van der Waals surface area contributed by atoms with Crippen molar-refractivity contribution >= 4 is 0 Å². The van der Waals surface area contributed by atoms with Crippen molar-refractivity contribution < 1.29 is 34.3 Å². The van der Waals surface area contributed by atoms with Gasteiger partial charge in [-0.2, -0.15) is 0 Å². The lowest BCUT2D eigenvalue weighted by molar-refractivity contribution is -0.272. The Morgan fingerprint density at radius 2 is 1.85 bits per heavy atom. The van der Waals surface area contributed by atoms with Crippen LogP contribution in [0.2, 0.25) is 0 Å². The number of ether oxygens (including phenoxy) is 4. The molecule has 1 spiro atoms. The minimum atomic E-state index is -1.12. The number of aliphatic hydroxyl groups excluding tert-OH is 3. The van der Waals surface area contributed by atoms with Crippen molar-refractivity contribution in [3.05, 3.63) is 11.6 Å². The topological polar surface area (TPSA) is 97.6 Å². The van der Waals surface area contributed by atoms with Crippen LogP contribution in [-0.2, 0) is 18.9 Å². The molecule has 4 aliphatic carbocycles. The summed E-state index contributed by atoms with van der Waals surface area (Å²) in [4.78, 5) is 0. The Morgan fingerprint density at radius 1 is 1.03 bits per heavy atom. The quantitative estimate of drug-likeness (QED) is 0.457. The Kier molecular flexibility index (Phi) is 6.64. The summed E-state index contributed by atoms with van der Waals surface area (Å²) in [6.07, 6.45) is 8.95. The van der Waals surface area contributed by atoms with Gasteiger partial charge >= 0.3 is 0 Å². The average molecular weight is 547 g/mol. The van der Waals surface area contributed by atoms with E-state index in [-0.39, 0.29) is 23.9 Å². The van der Waals surface area contributed by atoms with Gasteiger partial charge in [0.05, 0.1) is 25.4 Å². The smallest absolute Gasteiger partial charge is 0.186 e. The molecule has 0 amide bonds. The molecular formula is C32H50O7. The van der Waals surface area contributed by atoms with Crippen LogP contribution in [0.25, 0.3) is 0 Å². The fourth-order valence-corrected chi connectivity index (χ4v) is 10.9. The van der Waals surface area contributed by atoms with E-state index in [0.717, 1.165) is 38.7 Å². The van der Waals surface area contributed by atoms with Gasteiger partial charge in [0.25, 0.3) is 0 Å². The van der Waals surface area contributed by atoms with E-state index in [4.69, 9.17) is 18.9 Å². The first-order chi connectivity index (χ1) is 18.6. The lowest BCUT2D eigenvalue weighted by Gasteiger charge is -2.58. The second-order valence-electron chi connectivity index (χ2n) is 15.0. The molecule has 3 saturated heterocycles. The van der Waals surface area contributed by atoms with Crippen LogP contribution in [0, 0.1) is 46.3 Å². The Hall–Kier alpha value is -0.540. The summed E-state index contributed by atoms with van der Waals surface area (Å²) in [5, 5.41) is 29.9. The number of fused-ring (bicyclic) bond motifs is 7. The largest absolute Gasteiger partial charge is 0.394 e. The van der Waals surface area contributed by atoms with E-state index in [0.29, 0.717) is 47.0 Å². The predicted octanol–water partition coefficient (Wildman–Crippen LogP) is 4.18. The molecule has 7 rings (SSSR count). The molecule has 0 aromatic carbocycles. The van der Waals surface area contributed by atoms with Crippen LogP contribution < -0.4 is 0 Å². The highest BCUT2D eigenvalue weighted by atomic mass is 16.7. The van der Waals surface area contributed by atoms with Gasteiger partial charge in [-0.15, -0.1) is 0 Å². The highest BCUT2D eigenvalue weighted by Crippen LogP contribution is 2.70. The van der Waals surface area contributed by atoms with Crippen molar-refractivity contribution in [1.29, 1.82) is 0 Å². The lowest BCUT2D eigenvalue weighted by atomic mass is 9.47. The molecule has 39 heavy (non-hydrogen) atoms. The molecular weight excluding hydrogens is 496 g/mol. The van der Waals surface area contributed by atoms with Crippen molar-refractivity contribution in [1.82, 2.24) is 0 Å². The summed E-state index contributed by atoms with van der Waals surface area (Å²) in [7, 11) is 0. The van der Waals surface area contributed by atoms with Crippen LogP contribution in [0.4, 0.5) is 0 Å². The number of hydrogen-bond acceptors (Lipinski definition) is 7. The van der Waals surface area contributed by atoms with Gasteiger partial charge < -0.3 is 34.3 Å². The molecule has 0 radical (unpaired) electrons. The highest BCUT2D eigenvalue weighted by Gasteiger charge is 2.68. The maximum atomic E-state index is 10.4. The Bertz CT molecular complexity index is 976. The normalized spacial score (nSPS) is 58.5. The second-order valence-corrected chi connectivity index (χ2v) is 15.0. The molecule has 7 nitrogen and oxygen atoms in total. The molecule has 0 aromatic rings. The van der Waals surface area contributed by atoms with Crippen LogP contribution >= 0.6 is 0 Å². The number of allylic oxidation sites excluding steroid dienone is 1. The standard InChI is InChI=1S/C32H50O7/c1-17-7-12-32(36-16-17)18(2)26-24(39-32)14-23-21-6-5-19-13-20(37-29-28(35)27(34)25(15-33)38-29)8-10-30(19,3)22(21)9-11-31(23,26)4/h5,17-18,20-29,33-35H,6-16H2,1-4H3/t17-,18+,20+,21-,22+,23+,24+,25+,26+,27+,28-,29-,30+,31+,32-/m1/s1. The van der Waals surface area contributed by atoms with Crippen molar-refractivity contribution in [2.24, 2.45) is 46.3 Å². The fourth-order valence-electron chi connectivity index (χ4n) is 10.9. The van der Waals surface area contributed by atoms with Gasteiger partial charge in [-0.25, -0.2) is 0 Å². The van der Waals surface area contributed by atoms with Crippen molar-refractivity contribution in [3.8, 4) is 0 Å². The minimum absolute atomic E-state index is 0.0338. The Balaban J connectivity index is 1.06. The third-order valence-electron chi connectivity index (χ3n) is 13.2. The van der Waals surface area contributed by atoms with Crippen LogP contribution in [0.3, 0.4) is 0 Å². The fraction of sp³-hybridized carbons (Fsp3) is 0.938. The van der Waals surface area contributed by atoms with E-state index in [1.807, 2.05) is 0 Å². The van der Waals surface area contributed by atoms with Gasteiger partial charge in [0.15, 0.2) is 12.1 Å². The Labute approximate surface area is 233 Å². The average Bonchev–Trinajstić information content (AvgIpc) is 3.47. The molecule has 3 N–H and O–H groups in total. The zero-order chi connectivity index (χ0) is 27.3. The first kappa shape index (κ1) is 27.3. The molecule has 0 aromatic heterocycles. The minimum Gasteiger partial charge on any atom is -0.394 e. The maximum absolute atomic E-state index is 10.4. The molecule has 3 heterocycles. The monoisotopic (exact) mass is 546 g/mol. The van der Waals surface area contributed by atoms with Crippen LogP contribution in [0.5, 0.6) is 0 Å². The Morgan fingerprint density at radius 3 is 2.56 bits per heavy atom. The molecule has 7 heteroatoms. The number of hydrogen-bond donors (Lipinski definition) is 3. The van der Waals surface area contributed by atoms with E-state index >= 15 is 0 Å². The molecule has 3 aliphatic heterocycles.